The zero-order chi connectivity index (χ0) is 24.8. The number of ether oxygens (including phenoxy) is 1. The van der Waals surface area contributed by atoms with Crippen molar-refractivity contribution < 1.29 is 19.4 Å². The third-order valence-electron chi connectivity index (χ3n) is 6.40. The average molecular weight is 474 g/mol. The van der Waals surface area contributed by atoms with Gasteiger partial charge in [0.05, 0.1) is 28.6 Å². The van der Waals surface area contributed by atoms with Crippen LogP contribution >= 0.6 is 11.3 Å². The highest BCUT2D eigenvalue weighted by Crippen LogP contribution is 2.31. The van der Waals surface area contributed by atoms with E-state index in [4.69, 9.17) is 4.74 Å². The number of esters is 1. The molecule has 0 spiro atoms. The first kappa shape index (κ1) is 27.2. The number of aromatic nitrogens is 1. The molecule has 0 amide bonds. The second-order valence-corrected chi connectivity index (χ2v) is 11.1. The van der Waals surface area contributed by atoms with Gasteiger partial charge in [0.1, 0.15) is 11.9 Å². The van der Waals surface area contributed by atoms with Gasteiger partial charge in [-0.05, 0) is 51.2 Å². The fourth-order valence-electron chi connectivity index (χ4n) is 4.17. The largest absolute Gasteiger partial charge is 0.457 e. The third kappa shape index (κ3) is 8.04. The van der Waals surface area contributed by atoms with Gasteiger partial charge < -0.3 is 9.84 Å². The van der Waals surface area contributed by atoms with Crippen LogP contribution in [0.3, 0.4) is 0 Å². The summed E-state index contributed by atoms with van der Waals surface area (Å²) in [4.78, 5) is 30.4. The van der Waals surface area contributed by atoms with E-state index in [1.54, 1.807) is 25.2 Å². The number of hydrogen-bond acceptors (Lipinski definition) is 6. The summed E-state index contributed by atoms with van der Waals surface area (Å²) in [6, 6.07) is 0. The fraction of sp³-hybridized carbons (Fsp3) is 0.593. The maximum absolute atomic E-state index is 13.1. The second-order valence-electron chi connectivity index (χ2n) is 10.0. The van der Waals surface area contributed by atoms with Crippen molar-refractivity contribution in [3.05, 3.63) is 45.5 Å². The van der Waals surface area contributed by atoms with Gasteiger partial charge in [-0.25, -0.2) is 4.98 Å². The summed E-state index contributed by atoms with van der Waals surface area (Å²) >= 11 is 1.57. The fourth-order valence-corrected chi connectivity index (χ4v) is 4.74. The summed E-state index contributed by atoms with van der Waals surface area (Å²) in [7, 11) is 0. The first-order valence-electron chi connectivity index (χ1n) is 11.8. The first-order valence-corrected chi connectivity index (χ1v) is 12.6. The van der Waals surface area contributed by atoms with Gasteiger partial charge in [0.15, 0.2) is 0 Å². The highest BCUT2D eigenvalue weighted by molar-refractivity contribution is 7.09. The summed E-state index contributed by atoms with van der Waals surface area (Å²) in [5.74, 6) is -0.380. The number of aliphatic hydroxyl groups excluding tert-OH is 1. The molecule has 33 heavy (non-hydrogen) atoms. The smallest absolute Gasteiger partial charge is 0.309 e. The van der Waals surface area contributed by atoms with Gasteiger partial charge in [0, 0.05) is 17.7 Å². The molecule has 1 aromatic heterocycles. The van der Waals surface area contributed by atoms with Crippen LogP contribution in [0.25, 0.3) is 6.08 Å². The Morgan fingerprint density at radius 1 is 1.24 bits per heavy atom. The van der Waals surface area contributed by atoms with Crippen LogP contribution in [-0.4, -0.2) is 34.1 Å². The molecule has 0 aliphatic carbocycles. The Hall–Kier alpha value is -2.05. The van der Waals surface area contributed by atoms with Gasteiger partial charge in [-0.2, -0.15) is 0 Å². The Balaban J connectivity index is 2.34. The molecule has 5 nitrogen and oxygen atoms in total. The van der Waals surface area contributed by atoms with E-state index >= 15 is 0 Å². The summed E-state index contributed by atoms with van der Waals surface area (Å²) in [5, 5.41) is 13.8. The van der Waals surface area contributed by atoms with Crippen LogP contribution in [-0.2, 0) is 14.3 Å². The minimum absolute atomic E-state index is 0.0201. The van der Waals surface area contributed by atoms with E-state index in [1.807, 2.05) is 39.2 Å². The number of cyclic esters (lactones) is 1. The third-order valence-corrected chi connectivity index (χ3v) is 7.19. The number of carbonyl (C=O) groups is 2. The summed E-state index contributed by atoms with van der Waals surface area (Å²) in [6.07, 6.45) is 8.59. The quantitative estimate of drug-likeness (QED) is 0.528. The van der Waals surface area contributed by atoms with E-state index in [0.717, 1.165) is 34.7 Å². The van der Waals surface area contributed by atoms with Gasteiger partial charge in [-0.1, -0.05) is 51.5 Å². The predicted octanol–water partition coefficient (Wildman–Crippen LogP) is 6.07. The van der Waals surface area contributed by atoms with Gasteiger partial charge >= 0.3 is 5.97 Å². The molecule has 0 aromatic carbocycles. The molecule has 1 aromatic rings. The van der Waals surface area contributed by atoms with Crippen LogP contribution < -0.4 is 0 Å². The summed E-state index contributed by atoms with van der Waals surface area (Å²) in [6.45, 7) is 13.4. The number of carbonyl (C=O) groups excluding carboxylic acids is 2. The second kappa shape index (κ2) is 11.9. The Morgan fingerprint density at radius 3 is 2.58 bits per heavy atom. The van der Waals surface area contributed by atoms with Crippen molar-refractivity contribution in [3.63, 3.8) is 0 Å². The molecule has 1 aliphatic rings. The van der Waals surface area contributed by atoms with Gasteiger partial charge in [0.2, 0.25) is 0 Å². The number of thiazole rings is 1. The normalized spacial score (nSPS) is 30.9. The maximum Gasteiger partial charge on any atom is 0.309 e. The molecule has 0 saturated heterocycles. The number of hydrogen-bond donors (Lipinski definition) is 1. The summed E-state index contributed by atoms with van der Waals surface area (Å²) in [5.41, 5.74) is 1.79. The Morgan fingerprint density at radius 2 is 1.94 bits per heavy atom. The molecule has 0 fully saturated rings. The number of aliphatic hydroxyl groups is 1. The van der Waals surface area contributed by atoms with Gasteiger partial charge in [-0.15, -0.1) is 11.3 Å². The van der Waals surface area contributed by atoms with Crippen LogP contribution in [0.4, 0.5) is 0 Å². The number of rotatable bonds is 2. The van der Waals surface area contributed by atoms with Crippen molar-refractivity contribution in [3.8, 4) is 0 Å². The van der Waals surface area contributed by atoms with E-state index in [9.17, 15) is 14.7 Å². The highest BCUT2D eigenvalue weighted by atomic mass is 32.1. The molecule has 2 rings (SSSR count). The lowest BCUT2D eigenvalue weighted by atomic mass is 9.74. The molecular weight excluding hydrogens is 434 g/mol. The predicted molar refractivity (Wildman–Crippen MR) is 135 cm³/mol. The standard InChI is InChI=1S/C27H39NO4S/c1-17-9-8-10-18(2)13-20(4)26(31)27(6,7)24(29)15-25(30)32-23(12-11-17)19(3)14-22-16-33-21(5)28-22/h8-9,11,14,16,18,20,23-24,29H,10,12-13,15H2,1-7H3/b9-8+,17-11-,19-14+/t18-,20+,23-,24-/m0/s1. The van der Waals surface area contributed by atoms with Gasteiger partial charge in [0.25, 0.3) is 0 Å². The van der Waals surface area contributed by atoms with Crippen LogP contribution in [0.5, 0.6) is 0 Å². The molecule has 0 unspecified atom stereocenters. The van der Waals surface area contributed by atoms with E-state index in [-0.39, 0.29) is 18.1 Å². The van der Waals surface area contributed by atoms with Crippen LogP contribution in [0.15, 0.2) is 34.8 Å². The maximum atomic E-state index is 13.1. The molecule has 1 aliphatic heterocycles. The van der Waals surface area contributed by atoms with Gasteiger partial charge in [-0.3, -0.25) is 9.59 Å². The molecule has 4 atom stereocenters. The van der Waals surface area contributed by atoms with Crippen molar-refractivity contribution in [2.24, 2.45) is 17.3 Å². The van der Waals surface area contributed by atoms with E-state index in [0.29, 0.717) is 12.3 Å². The summed E-state index contributed by atoms with van der Waals surface area (Å²) < 4.78 is 5.81. The van der Waals surface area contributed by atoms with Crippen LogP contribution in [0.2, 0.25) is 0 Å². The first-order chi connectivity index (χ1) is 15.4. The van der Waals surface area contributed by atoms with Crippen molar-refractivity contribution in [1.82, 2.24) is 4.98 Å². The minimum Gasteiger partial charge on any atom is -0.457 e. The Kier molecular flexibility index (Phi) is 9.80. The number of nitrogens with zero attached hydrogens (tertiary/aromatic N) is 1. The molecule has 2 heterocycles. The number of ketones is 1. The molecule has 182 valence electrons. The topological polar surface area (TPSA) is 76.5 Å². The van der Waals surface area contributed by atoms with Crippen LogP contribution in [0, 0.1) is 24.2 Å². The Bertz CT molecular complexity index is 924. The monoisotopic (exact) mass is 473 g/mol. The van der Waals surface area contributed by atoms with E-state index < -0.39 is 23.6 Å². The lowest BCUT2D eigenvalue weighted by Gasteiger charge is -2.32. The zero-order valence-corrected chi connectivity index (χ0v) is 21.9. The number of aryl methyl sites for hydroxylation is 1. The minimum atomic E-state index is -1.11. The van der Waals surface area contributed by atoms with Crippen molar-refractivity contribution >= 4 is 29.2 Å². The van der Waals surface area contributed by atoms with Crippen molar-refractivity contribution in [2.75, 3.05) is 0 Å². The number of allylic oxidation sites excluding steroid dienone is 3. The molecule has 0 radical (unpaired) electrons. The lowest BCUT2D eigenvalue weighted by molar-refractivity contribution is -0.153. The van der Waals surface area contributed by atoms with E-state index in [1.165, 1.54) is 0 Å². The van der Waals surface area contributed by atoms with Crippen molar-refractivity contribution in [2.45, 2.75) is 86.4 Å². The number of Topliss-reactive ketones (excluding diaryl/α,β-unsaturated/α-hetero) is 1. The van der Waals surface area contributed by atoms with E-state index in [2.05, 4.69) is 30.1 Å². The van der Waals surface area contributed by atoms with Crippen molar-refractivity contribution in [1.29, 1.82) is 0 Å². The van der Waals surface area contributed by atoms with Crippen LogP contribution in [0.1, 0.15) is 77.9 Å². The molecular formula is C27H39NO4S. The average Bonchev–Trinajstić information content (AvgIpc) is 3.13. The molecule has 1 N–H and O–H groups in total. The SMILES string of the molecule is CC1=C/C[C@@H](/C(C)=C/c2csc(C)n2)OC(=O)C[C@H](O)C(C)(C)C(=O)[C@H](C)C[C@@H](C)C\C=C\1. The molecule has 6 heteroatoms. The Labute approximate surface area is 202 Å². The molecule has 0 bridgehead atoms. The zero-order valence-electron chi connectivity index (χ0n) is 21.1. The highest BCUT2D eigenvalue weighted by Gasteiger charge is 2.39. The molecule has 0 saturated carbocycles. The lowest BCUT2D eigenvalue weighted by Crippen LogP contribution is -2.42.